The van der Waals surface area contributed by atoms with Crippen molar-refractivity contribution in [1.29, 1.82) is 0 Å². The molecule has 0 spiro atoms. The first-order chi connectivity index (χ1) is 12.2. The van der Waals surface area contributed by atoms with Crippen molar-refractivity contribution in [2.45, 2.75) is 13.0 Å². The maximum Gasteiger partial charge on any atom is 0.216 e. The van der Waals surface area contributed by atoms with Crippen molar-refractivity contribution in [3.63, 3.8) is 0 Å². The quantitative estimate of drug-likeness (QED) is 0.205. The van der Waals surface area contributed by atoms with Crippen molar-refractivity contribution in [3.8, 4) is 11.6 Å². The van der Waals surface area contributed by atoms with E-state index >= 15 is 0 Å². The maximum absolute atomic E-state index is 5.28. The summed E-state index contributed by atoms with van der Waals surface area (Å²) < 4.78 is 10.3. The number of nitrogens with one attached hydrogen (secondary N) is 3. The third-order valence-corrected chi connectivity index (χ3v) is 3.59. The minimum atomic E-state index is 0. The first-order valence-corrected chi connectivity index (χ1v) is 8.30. The van der Waals surface area contributed by atoms with Crippen LogP contribution in [0.25, 0.3) is 11.6 Å². The van der Waals surface area contributed by atoms with Crippen molar-refractivity contribution in [1.82, 2.24) is 30.7 Å². The van der Waals surface area contributed by atoms with Gasteiger partial charge < -0.3 is 24.7 Å². The number of aliphatic imine (C=N–C) groups is 1. The summed E-state index contributed by atoms with van der Waals surface area (Å²) in [7, 11) is 5.56. The van der Waals surface area contributed by atoms with Gasteiger partial charge in [-0.1, -0.05) is 0 Å². The average Bonchev–Trinajstić information content (AvgIpc) is 3.29. The molecule has 3 N–H and O–H groups in total. The van der Waals surface area contributed by atoms with Crippen LogP contribution in [0.5, 0.6) is 0 Å². The predicted molar refractivity (Wildman–Crippen MR) is 112 cm³/mol. The Balaban J connectivity index is 0.00000338. The Labute approximate surface area is 171 Å². The molecule has 146 valence electrons. The van der Waals surface area contributed by atoms with Crippen LogP contribution in [-0.4, -0.2) is 73.5 Å². The van der Waals surface area contributed by atoms with E-state index in [4.69, 9.17) is 9.15 Å². The molecular weight excluding hydrogens is 449 g/mol. The van der Waals surface area contributed by atoms with Crippen molar-refractivity contribution >= 4 is 29.9 Å². The van der Waals surface area contributed by atoms with Crippen LogP contribution < -0.4 is 10.6 Å². The zero-order valence-electron chi connectivity index (χ0n) is 15.5. The van der Waals surface area contributed by atoms with E-state index in [1.807, 2.05) is 12.1 Å². The molecule has 0 fully saturated rings. The average molecular weight is 477 g/mol. The summed E-state index contributed by atoms with van der Waals surface area (Å²) in [6.07, 6.45) is 2.63. The molecular formula is C16H28IN7O2. The van der Waals surface area contributed by atoms with E-state index in [-0.39, 0.29) is 24.0 Å². The van der Waals surface area contributed by atoms with E-state index in [0.717, 1.165) is 38.6 Å². The lowest BCUT2D eigenvalue weighted by atomic mass is 10.4. The van der Waals surface area contributed by atoms with Gasteiger partial charge in [0.1, 0.15) is 5.82 Å². The molecule has 0 aliphatic carbocycles. The molecule has 2 rings (SSSR count). The number of hydrogen-bond donors (Lipinski definition) is 3. The molecule has 0 atom stereocenters. The molecule has 2 heterocycles. The van der Waals surface area contributed by atoms with Gasteiger partial charge in [-0.05, 0) is 25.6 Å². The fraction of sp³-hybridized carbons (Fsp3) is 0.562. The molecule has 0 aliphatic rings. The van der Waals surface area contributed by atoms with Gasteiger partial charge in [0.15, 0.2) is 11.7 Å². The number of halogens is 1. The van der Waals surface area contributed by atoms with E-state index in [0.29, 0.717) is 24.0 Å². The fourth-order valence-electron chi connectivity index (χ4n) is 2.23. The fourth-order valence-corrected chi connectivity index (χ4v) is 2.23. The highest BCUT2D eigenvalue weighted by Gasteiger charge is 2.08. The molecule has 2 aromatic rings. The number of ether oxygens (including phenoxy) is 1. The van der Waals surface area contributed by atoms with E-state index < -0.39 is 0 Å². The third-order valence-electron chi connectivity index (χ3n) is 3.59. The van der Waals surface area contributed by atoms with E-state index in [1.54, 1.807) is 20.4 Å². The van der Waals surface area contributed by atoms with Crippen LogP contribution in [0.3, 0.4) is 0 Å². The van der Waals surface area contributed by atoms with Crippen LogP contribution in [0.2, 0.25) is 0 Å². The minimum absolute atomic E-state index is 0. The van der Waals surface area contributed by atoms with Gasteiger partial charge in [-0.2, -0.15) is 0 Å². The minimum Gasteiger partial charge on any atom is -0.461 e. The number of H-pyrrole nitrogens is 1. The Hall–Kier alpha value is -1.66. The monoisotopic (exact) mass is 477 g/mol. The van der Waals surface area contributed by atoms with Crippen molar-refractivity contribution in [3.05, 3.63) is 24.2 Å². The highest BCUT2D eigenvalue weighted by Crippen LogP contribution is 2.14. The molecule has 0 amide bonds. The van der Waals surface area contributed by atoms with Gasteiger partial charge in [0, 0.05) is 40.4 Å². The van der Waals surface area contributed by atoms with Crippen LogP contribution >= 0.6 is 24.0 Å². The summed E-state index contributed by atoms with van der Waals surface area (Å²) in [6.45, 7) is 4.02. The largest absolute Gasteiger partial charge is 0.461 e. The van der Waals surface area contributed by atoms with Crippen LogP contribution in [0.4, 0.5) is 0 Å². The Morgan fingerprint density at radius 3 is 2.92 bits per heavy atom. The number of aromatic nitrogens is 3. The highest BCUT2D eigenvalue weighted by atomic mass is 127. The molecule has 0 saturated heterocycles. The number of aromatic amines is 1. The molecule has 26 heavy (non-hydrogen) atoms. The molecule has 0 radical (unpaired) electrons. The molecule has 0 aromatic carbocycles. The number of furan rings is 1. The van der Waals surface area contributed by atoms with Crippen LogP contribution in [-0.2, 0) is 11.3 Å². The van der Waals surface area contributed by atoms with E-state index in [1.165, 1.54) is 0 Å². The Morgan fingerprint density at radius 1 is 1.38 bits per heavy atom. The number of rotatable bonds is 10. The summed E-state index contributed by atoms with van der Waals surface area (Å²) in [5.41, 5.74) is 0. The Bertz CT molecular complexity index is 630. The van der Waals surface area contributed by atoms with Crippen molar-refractivity contribution in [2.75, 3.05) is 47.4 Å². The number of likely N-dealkylation sites (N-methyl/N-ethyl adjacent to an activating group) is 1. The summed E-state index contributed by atoms with van der Waals surface area (Å²) >= 11 is 0. The molecule has 10 heteroatoms. The number of nitrogens with zero attached hydrogens (tertiary/aromatic N) is 4. The van der Waals surface area contributed by atoms with Gasteiger partial charge in [-0.3, -0.25) is 10.1 Å². The first-order valence-electron chi connectivity index (χ1n) is 8.30. The molecule has 0 bridgehead atoms. The zero-order valence-corrected chi connectivity index (χ0v) is 17.8. The number of hydrogen-bond acceptors (Lipinski definition) is 6. The number of methoxy groups -OCH3 is 1. The van der Waals surface area contributed by atoms with E-state index in [9.17, 15) is 0 Å². The van der Waals surface area contributed by atoms with E-state index in [2.05, 4.69) is 42.8 Å². The summed E-state index contributed by atoms with van der Waals surface area (Å²) in [6, 6.07) is 3.63. The highest BCUT2D eigenvalue weighted by molar-refractivity contribution is 14.0. The Morgan fingerprint density at radius 2 is 2.23 bits per heavy atom. The van der Waals surface area contributed by atoms with Crippen LogP contribution in [0, 0.1) is 0 Å². The summed E-state index contributed by atoms with van der Waals surface area (Å²) in [4.78, 5) is 10.8. The molecule has 0 unspecified atom stereocenters. The Kier molecular flexibility index (Phi) is 10.9. The summed E-state index contributed by atoms with van der Waals surface area (Å²) in [5, 5.41) is 13.5. The number of guanidine groups is 1. The van der Waals surface area contributed by atoms with Gasteiger partial charge in [-0.15, -0.1) is 29.1 Å². The third kappa shape index (κ3) is 7.70. The molecule has 2 aromatic heterocycles. The van der Waals surface area contributed by atoms with Gasteiger partial charge in [0.2, 0.25) is 5.82 Å². The lowest BCUT2D eigenvalue weighted by Gasteiger charge is -2.17. The van der Waals surface area contributed by atoms with Gasteiger partial charge in [0.05, 0.1) is 12.8 Å². The molecule has 0 aliphatic heterocycles. The van der Waals surface area contributed by atoms with Gasteiger partial charge in [-0.25, -0.2) is 4.98 Å². The lowest BCUT2D eigenvalue weighted by Crippen LogP contribution is -2.41. The van der Waals surface area contributed by atoms with Crippen LogP contribution in [0.15, 0.2) is 27.8 Å². The maximum atomic E-state index is 5.28. The first kappa shape index (κ1) is 22.4. The second kappa shape index (κ2) is 12.7. The van der Waals surface area contributed by atoms with Crippen molar-refractivity contribution in [2.24, 2.45) is 4.99 Å². The normalized spacial score (nSPS) is 11.5. The van der Waals surface area contributed by atoms with Gasteiger partial charge in [0.25, 0.3) is 0 Å². The second-order valence-electron chi connectivity index (χ2n) is 5.59. The summed E-state index contributed by atoms with van der Waals surface area (Å²) in [5.74, 6) is 2.62. The van der Waals surface area contributed by atoms with Crippen LogP contribution in [0.1, 0.15) is 12.2 Å². The van der Waals surface area contributed by atoms with Crippen molar-refractivity contribution < 1.29 is 9.15 Å². The SMILES string of the molecule is CN=C(NCCN(C)CCCOC)NCc1nc(-c2ccco2)n[nH]1.I. The molecule has 9 nitrogen and oxygen atoms in total. The second-order valence-corrected chi connectivity index (χ2v) is 5.59. The predicted octanol–water partition coefficient (Wildman–Crippen LogP) is 1.32. The lowest BCUT2D eigenvalue weighted by molar-refractivity contribution is 0.180. The topological polar surface area (TPSA) is 104 Å². The standard InChI is InChI=1S/C16H27N7O2.HI/c1-17-16(18-7-9-23(2)8-5-10-24-3)19-12-14-20-15(22-21-14)13-6-4-11-25-13;/h4,6,11H,5,7-10,12H2,1-3H3,(H2,17,18,19)(H,20,21,22);1H. The molecule has 0 saturated carbocycles. The van der Waals surface area contributed by atoms with Gasteiger partial charge >= 0.3 is 0 Å². The zero-order chi connectivity index (χ0) is 17.9. The smallest absolute Gasteiger partial charge is 0.216 e.